The first-order chi connectivity index (χ1) is 11.7. The van der Waals surface area contributed by atoms with E-state index in [0.717, 1.165) is 17.5 Å². The third kappa shape index (κ3) is 3.00. The standard InChI is InChI=1S/C18H24N4O2/c1-3-7-16(23)20-10-12-21(13-11-20)17-18(24)22(4-2)15-9-6-5-8-14(15)19-17/h5-6,8-9H,3-4,7,10-13H2,1-2H3. The van der Waals surface area contributed by atoms with Crippen LogP contribution in [-0.4, -0.2) is 46.5 Å². The maximum absolute atomic E-state index is 12.8. The Kier molecular flexibility index (Phi) is 4.83. The molecule has 0 radical (unpaired) electrons. The first-order valence-corrected chi connectivity index (χ1v) is 8.68. The van der Waals surface area contributed by atoms with E-state index in [0.29, 0.717) is 45.0 Å². The molecule has 1 aliphatic rings. The van der Waals surface area contributed by atoms with Crippen LogP contribution in [0.5, 0.6) is 0 Å². The molecule has 1 aliphatic heterocycles. The van der Waals surface area contributed by atoms with Crippen molar-refractivity contribution in [2.45, 2.75) is 33.2 Å². The molecule has 1 saturated heterocycles. The van der Waals surface area contributed by atoms with Gasteiger partial charge in [-0.2, -0.15) is 0 Å². The number of nitrogens with zero attached hydrogens (tertiary/aromatic N) is 4. The molecule has 24 heavy (non-hydrogen) atoms. The largest absolute Gasteiger partial charge is 0.348 e. The van der Waals surface area contributed by atoms with Crippen LogP contribution in [0, 0.1) is 0 Å². The lowest BCUT2D eigenvalue weighted by Gasteiger charge is -2.35. The van der Waals surface area contributed by atoms with E-state index in [1.54, 1.807) is 4.57 Å². The van der Waals surface area contributed by atoms with Crippen molar-refractivity contribution in [1.29, 1.82) is 0 Å². The summed E-state index contributed by atoms with van der Waals surface area (Å²) in [5, 5.41) is 0. The van der Waals surface area contributed by atoms with Crippen molar-refractivity contribution in [2.24, 2.45) is 0 Å². The fourth-order valence-corrected chi connectivity index (χ4v) is 3.24. The monoisotopic (exact) mass is 328 g/mol. The molecule has 0 unspecified atom stereocenters. The van der Waals surface area contributed by atoms with Crippen molar-refractivity contribution in [3.8, 4) is 0 Å². The zero-order valence-electron chi connectivity index (χ0n) is 14.4. The highest BCUT2D eigenvalue weighted by molar-refractivity contribution is 5.77. The normalized spacial score (nSPS) is 15.1. The van der Waals surface area contributed by atoms with E-state index >= 15 is 0 Å². The fourth-order valence-electron chi connectivity index (χ4n) is 3.24. The van der Waals surface area contributed by atoms with Gasteiger partial charge in [0.1, 0.15) is 0 Å². The van der Waals surface area contributed by atoms with Gasteiger partial charge in [-0.1, -0.05) is 19.1 Å². The molecule has 1 aromatic heterocycles. The van der Waals surface area contributed by atoms with Gasteiger partial charge in [-0.05, 0) is 25.5 Å². The summed E-state index contributed by atoms with van der Waals surface area (Å²) < 4.78 is 1.77. The molecule has 0 atom stereocenters. The molecule has 0 spiro atoms. The average molecular weight is 328 g/mol. The van der Waals surface area contributed by atoms with Gasteiger partial charge in [0.15, 0.2) is 5.82 Å². The molecule has 128 valence electrons. The van der Waals surface area contributed by atoms with Crippen LogP contribution in [0.1, 0.15) is 26.7 Å². The molecule has 0 bridgehead atoms. The van der Waals surface area contributed by atoms with Crippen LogP contribution in [0.3, 0.4) is 0 Å². The number of aryl methyl sites for hydroxylation is 1. The van der Waals surface area contributed by atoms with E-state index in [9.17, 15) is 9.59 Å². The van der Waals surface area contributed by atoms with Crippen molar-refractivity contribution < 1.29 is 4.79 Å². The molecule has 1 amide bonds. The number of carbonyl (C=O) groups excluding carboxylic acids is 1. The van der Waals surface area contributed by atoms with Gasteiger partial charge < -0.3 is 14.4 Å². The number of hydrogen-bond acceptors (Lipinski definition) is 4. The Morgan fingerprint density at radius 3 is 2.50 bits per heavy atom. The summed E-state index contributed by atoms with van der Waals surface area (Å²) >= 11 is 0. The summed E-state index contributed by atoms with van der Waals surface area (Å²) in [4.78, 5) is 33.3. The predicted molar refractivity (Wildman–Crippen MR) is 95.4 cm³/mol. The molecule has 0 aliphatic carbocycles. The molecular formula is C18H24N4O2. The number of aromatic nitrogens is 2. The van der Waals surface area contributed by atoms with Crippen LogP contribution >= 0.6 is 0 Å². The minimum Gasteiger partial charge on any atom is -0.348 e. The van der Waals surface area contributed by atoms with Gasteiger partial charge in [0.2, 0.25) is 5.91 Å². The highest BCUT2D eigenvalue weighted by atomic mass is 16.2. The van der Waals surface area contributed by atoms with Crippen molar-refractivity contribution in [3.63, 3.8) is 0 Å². The Hall–Kier alpha value is -2.37. The summed E-state index contributed by atoms with van der Waals surface area (Å²) in [6.07, 6.45) is 1.46. The summed E-state index contributed by atoms with van der Waals surface area (Å²) in [5.74, 6) is 0.702. The molecule has 3 rings (SSSR count). The van der Waals surface area contributed by atoms with E-state index in [4.69, 9.17) is 0 Å². The Labute approximate surface area is 141 Å². The number of hydrogen-bond donors (Lipinski definition) is 0. The van der Waals surface area contributed by atoms with Crippen molar-refractivity contribution >= 4 is 22.8 Å². The first kappa shape index (κ1) is 16.5. The van der Waals surface area contributed by atoms with E-state index in [2.05, 4.69) is 4.98 Å². The van der Waals surface area contributed by atoms with Gasteiger partial charge in [-0.3, -0.25) is 9.59 Å². The Morgan fingerprint density at radius 2 is 1.83 bits per heavy atom. The van der Waals surface area contributed by atoms with E-state index in [1.165, 1.54) is 0 Å². The van der Waals surface area contributed by atoms with Crippen LogP contribution in [0.2, 0.25) is 0 Å². The van der Waals surface area contributed by atoms with Crippen LogP contribution in [-0.2, 0) is 11.3 Å². The molecule has 6 nitrogen and oxygen atoms in total. The molecule has 1 aromatic carbocycles. The maximum Gasteiger partial charge on any atom is 0.293 e. The summed E-state index contributed by atoms with van der Waals surface area (Å²) in [6, 6.07) is 7.72. The smallest absolute Gasteiger partial charge is 0.293 e. The number of fused-ring (bicyclic) bond motifs is 1. The average Bonchev–Trinajstić information content (AvgIpc) is 2.61. The number of carbonyl (C=O) groups is 1. The summed E-state index contributed by atoms with van der Waals surface area (Å²) in [7, 11) is 0. The van der Waals surface area contributed by atoms with Crippen molar-refractivity contribution in [1.82, 2.24) is 14.5 Å². The molecular weight excluding hydrogens is 304 g/mol. The zero-order valence-corrected chi connectivity index (χ0v) is 14.4. The van der Waals surface area contributed by atoms with Gasteiger partial charge in [0.25, 0.3) is 5.56 Å². The summed E-state index contributed by atoms with van der Waals surface area (Å²) in [5.41, 5.74) is 1.65. The third-order valence-corrected chi connectivity index (χ3v) is 4.55. The molecule has 2 aromatic rings. The van der Waals surface area contributed by atoms with Crippen molar-refractivity contribution in [2.75, 3.05) is 31.1 Å². The second kappa shape index (κ2) is 7.03. The minimum absolute atomic E-state index is 0.0514. The van der Waals surface area contributed by atoms with Crippen molar-refractivity contribution in [3.05, 3.63) is 34.6 Å². The van der Waals surface area contributed by atoms with Crippen LogP contribution in [0.4, 0.5) is 5.82 Å². The van der Waals surface area contributed by atoms with Gasteiger partial charge in [-0.25, -0.2) is 4.98 Å². The number of para-hydroxylation sites is 2. The van der Waals surface area contributed by atoms with Gasteiger partial charge in [-0.15, -0.1) is 0 Å². The fraction of sp³-hybridized carbons (Fsp3) is 0.500. The molecule has 6 heteroatoms. The zero-order chi connectivity index (χ0) is 17.1. The second-order valence-corrected chi connectivity index (χ2v) is 6.09. The number of piperazine rings is 1. The van der Waals surface area contributed by atoms with Crippen LogP contribution in [0.25, 0.3) is 11.0 Å². The van der Waals surface area contributed by atoms with Gasteiger partial charge in [0.05, 0.1) is 11.0 Å². The number of benzene rings is 1. The van der Waals surface area contributed by atoms with E-state index in [-0.39, 0.29) is 11.5 Å². The second-order valence-electron chi connectivity index (χ2n) is 6.09. The molecule has 1 fully saturated rings. The molecule has 0 N–H and O–H groups in total. The van der Waals surface area contributed by atoms with Crippen LogP contribution in [0.15, 0.2) is 29.1 Å². The lowest BCUT2D eigenvalue weighted by Crippen LogP contribution is -2.50. The topological polar surface area (TPSA) is 58.4 Å². The lowest BCUT2D eigenvalue weighted by molar-refractivity contribution is -0.131. The Balaban J connectivity index is 1.87. The third-order valence-electron chi connectivity index (χ3n) is 4.55. The van der Waals surface area contributed by atoms with E-state index < -0.39 is 0 Å². The predicted octanol–water partition coefficient (Wildman–Crippen LogP) is 1.87. The Morgan fingerprint density at radius 1 is 1.12 bits per heavy atom. The Bertz CT molecular complexity index is 791. The number of anilines is 1. The SMILES string of the molecule is CCCC(=O)N1CCN(c2nc3ccccc3n(CC)c2=O)CC1. The quantitative estimate of drug-likeness (QED) is 0.860. The minimum atomic E-state index is -0.0514. The molecule has 0 saturated carbocycles. The maximum atomic E-state index is 12.8. The van der Waals surface area contributed by atoms with Gasteiger partial charge >= 0.3 is 0 Å². The first-order valence-electron chi connectivity index (χ1n) is 8.68. The molecule has 2 heterocycles. The van der Waals surface area contributed by atoms with E-state index in [1.807, 2.05) is 47.9 Å². The van der Waals surface area contributed by atoms with Crippen LogP contribution < -0.4 is 10.5 Å². The lowest BCUT2D eigenvalue weighted by atomic mass is 10.2. The number of rotatable bonds is 4. The van der Waals surface area contributed by atoms with Gasteiger partial charge in [0, 0.05) is 39.1 Å². The highest BCUT2D eigenvalue weighted by Gasteiger charge is 2.24. The number of amides is 1. The summed E-state index contributed by atoms with van der Waals surface area (Å²) in [6.45, 7) is 7.21. The highest BCUT2D eigenvalue weighted by Crippen LogP contribution is 2.16.